The number of aryl methyl sites for hydroxylation is 2. The summed E-state index contributed by atoms with van der Waals surface area (Å²) in [6.07, 6.45) is 1.59. The van der Waals surface area contributed by atoms with Gasteiger partial charge in [-0.25, -0.2) is 13.4 Å². The van der Waals surface area contributed by atoms with E-state index in [0.29, 0.717) is 37.5 Å². The first-order valence-electron chi connectivity index (χ1n) is 7.92. The van der Waals surface area contributed by atoms with E-state index in [-0.39, 0.29) is 18.1 Å². The predicted octanol–water partition coefficient (Wildman–Crippen LogP) is 0.752. The van der Waals surface area contributed by atoms with Crippen molar-refractivity contribution in [2.45, 2.75) is 45.3 Å². The fourth-order valence-electron chi connectivity index (χ4n) is 2.91. The Morgan fingerprint density at radius 2 is 2.00 bits per heavy atom. The van der Waals surface area contributed by atoms with E-state index in [4.69, 9.17) is 4.42 Å². The molecule has 1 aliphatic carbocycles. The van der Waals surface area contributed by atoms with Crippen LogP contribution in [0, 0.1) is 19.3 Å². The number of hydrogen-bond acceptors (Lipinski definition) is 6. The maximum atomic E-state index is 12.5. The zero-order valence-corrected chi connectivity index (χ0v) is 14.8. The molecule has 1 N–H and O–H groups in total. The van der Waals surface area contributed by atoms with Crippen molar-refractivity contribution in [1.29, 1.82) is 0 Å². The molecule has 2 amide bonds. The molecule has 1 aromatic heterocycles. The van der Waals surface area contributed by atoms with Gasteiger partial charge in [0, 0.05) is 20.0 Å². The smallest absolute Gasteiger partial charge is 0.276 e. The highest BCUT2D eigenvalue weighted by Crippen LogP contribution is 2.33. The van der Waals surface area contributed by atoms with E-state index in [2.05, 4.69) is 9.71 Å². The normalized spacial score (nSPS) is 24.2. The molecule has 0 radical (unpaired) electrons. The first-order chi connectivity index (χ1) is 11.1. The minimum atomic E-state index is -3.59. The van der Waals surface area contributed by atoms with Crippen molar-refractivity contribution in [3.05, 3.63) is 17.3 Å². The second-order valence-electron chi connectivity index (χ2n) is 6.85. The highest BCUT2D eigenvalue weighted by Gasteiger charge is 2.46. The van der Waals surface area contributed by atoms with Crippen LogP contribution in [0.2, 0.25) is 0 Å². The van der Waals surface area contributed by atoms with Crippen LogP contribution in [0.5, 0.6) is 0 Å². The molecule has 3 rings (SSSR count). The fraction of sp³-hybridized carbons (Fsp3) is 0.667. The number of oxazole rings is 1. The molecule has 1 unspecified atom stereocenters. The van der Waals surface area contributed by atoms with E-state index in [0.717, 1.165) is 0 Å². The second-order valence-corrected chi connectivity index (χ2v) is 8.81. The van der Waals surface area contributed by atoms with Crippen LogP contribution in [0.4, 0.5) is 0 Å². The Kier molecular flexibility index (Phi) is 3.94. The Balaban J connectivity index is 1.70. The standard InChI is InChI=1S/C15H21N3O5S/c1-9-12(16-10(2)23-9)13(19)18-7-6-15(3,8-18)14(20)17-24(21,22)11-4-5-11/h11H,4-8H2,1-3H3,(H,17,20). The molecule has 132 valence electrons. The molecule has 1 saturated heterocycles. The third-order valence-corrected chi connectivity index (χ3v) is 6.43. The number of sulfonamides is 1. The second kappa shape index (κ2) is 5.58. The van der Waals surface area contributed by atoms with Gasteiger partial charge in [-0.1, -0.05) is 0 Å². The number of rotatable bonds is 4. The largest absolute Gasteiger partial charge is 0.445 e. The molecular formula is C15H21N3O5S. The van der Waals surface area contributed by atoms with Crippen LogP contribution in [-0.2, 0) is 14.8 Å². The van der Waals surface area contributed by atoms with Crippen LogP contribution in [0.25, 0.3) is 0 Å². The number of aromatic nitrogens is 1. The zero-order chi connectivity index (χ0) is 17.7. The number of nitrogens with zero attached hydrogens (tertiary/aromatic N) is 2. The maximum Gasteiger partial charge on any atom is 0.276 e. The van der Waals surface area contributed by atoms with Crippen molar-refractivity contribution in [2.24, 2.45) is 5.41 Å². The van der Waals surface area contributed by atoms with Crippen LogP contribution < -0.4 is 4.72 Å². The Morgan fingerprint density at radius 1 is 1.33 bits per heavy atom. The van der Waals surface area contributed by atoms with E-state index >= 15 is 0 Å². The van der Waals surface area contributed by atoms with Gasteiger partial charge in [-0.3, -0.25) is 14.3 Å². The van der Waals surface area contributed by atoms with Crippen LogP contribution in [0.1, 0.15) is 48.3 Å². The van der Waals surface area contributed by atoms with Gasteiger partial charge >= 0.3 is 0 Å². The highest BCUT2D eigenvalue weighted by atomic mass is 32.2. The summed E-state index contributed by atoms with van der Waals surface area (Å²) >= 11 is 0. The van der Waals surface area contributed by atoms with Gasteiger partial charge in [0.15, 0.2) is 11.6 Å². The predicted molar refractivity (Wildman–Crippen MR) is 84.7 cm³/mol. The van der Waals surface area contributed by atoms with Crippen molar-refractivity contribution in [3.8, 4) is 0 Å². The van der Waals surface area contributed by atoms with Gasteiger partial charge in [0.2, 0.25) is 15.9 Å². The molecule has 1 aliphatic heterocycles. The summed E-state index contributed by atoms with van der Waals surface area (Å²) in [5.41, 5.74) is -0.688. The number of carbonyl (C=O) groups is 2. The third-order valence-electron chi connectivity index (χ3n) is 4.61. The number of amides is 2. The van der Waals surface area contributed by atoms with E-state index in [1.54, 1.807) is 20.8 Å². The minimum Gasteiger partial charge on any atom is -0.445 e. The molecule has 0 aromatic carbocycles. The average Bonchev–Trinajstić information content (AvgIpc) is 3.20. The summed E-state index contributed by atoms with van der Waals surface area (Å²) in [6, 6.07) is 0. The number of hydrogen-bond donors (Lipinski definition) is 1. The zero-order valence-electron chi connectivity index (χ0n) is 14.0. The lowest BCUT2D eigenvalue weighted by molar-refractivity contribution is -0.127. The summed E-state index contributed by atoms with van der Waals surface area (Å²) in [6.45, 7) is 5.53. The van der Waals surface area contributed by atoms with Crippen LogP contribution in [0.15, 0.2) is 4.42 Å². The molecule has 1 aromatic rings. The summed E-state index contributed by atoms with van der Waals surface area (Å²) in [5.74, 6) is 0.00150. The number of carbonyl (C=O) groups excluding carboxylic acids is 2. The Labute approximate surface area is 140 Å². The van der Waals surface area contributed by atoms with Crippen LogP contribution in [-0.4, -0.2) is 48.5 Å². The van der Waals surface area contributed by atoms with Gasteiger partial charge in [0.25, 0.3) is 5.91 Å². The Morgan fingerprint density at radius 3 is 2.54 bits per heavy atom. The molecule has 0 spiro atoms. The Bertz CT molecular complexity index is 796. The van der Waals surface area contributed by atoms with Crippen LogP contribution >= 0.6 is 0 Å². The molecular weight excluding hydrogens is 334 g/mol. The van der Waals surface area contributed by atoms with Gasteiger partial charge in [-0.05, 0) is 33.1 Å². The van der Waals surface area contributed by atoms with Gasteiger partial charge in [0.1, 0.15) is 5.76 Å². The lowest BCUT2D eigenvalue weighted by Gasteiger charge is -2.23. The van der Waals surface area contributed by atoms with Gasteiger partial charge in [0.05, 0.1) is 10.7 Å². The Hall–Kier alpha value is -1.90. The monoisotopic (exact) mass is 355 g/mol. The number of nitrogens with one attached hydrogen (secondary N) is 1. The van der Waals surface area contributed by atoms with Gasteiger partial charge < -0.3 is 9.32 Å². The highest BCUT2D eigenvalue weighted by molar-refractivity contribution is 7.90. The fourth-order valence-corrected chi connectivity index (χ4v) is 4.34. The molecule has 2 aliphatic rings. The van der Waals surface area contributed by atoms with Crippen molar-refractivity contribution in [1.82, 2.24) is 14.6 Å². The SMILES string of the molecule is Cc1nc(C(=O)N2CCC(C)(C(=O)NS(=O)(=O)C3CC3)C2)c(C)o1. The molecule has 0 bridgehead atoms. The molecule has 2 heterocycles. The van der Waals surface area contributed by atoms with E-state index < -0.39 is 26.6 Å². The number of likely N-dealkylation sites (tertiary alicyclic amines) is 1. The summed E-state index contributed by atoms with van der Waals surface area (Å²) in [7, 11) is -3.59. The van der Waals surface area contributed by atoms with Crippen molar-refractivity contribution in [3.63, 3.8) is 0 Å². The van der Waals surface area contributed by atoms with Gasteiger partial charge in [-0.15, -0.1) is 0 Å². The first kappa shape index (κ1) is 16.9. The average molecular weight is 355 g/mol. The molecule has 1 saturated carbocycles. The van der Waals surface area contributed by atoms with Crippen molar-refractivity contribution < 1.29 is 22.4 Å². The summed E-state index contributed by atoms with van der Waals surface area (Å²) in [4.78, 5) is 30.6. The maximum absolute atomic E-state index is 12.5. The van der Waals surface area contributed by atoms with Crippen LogP contribution in [0.3, 0.4) is 0 Å². The van der Waals surface area contributed by atoms with E-state index in [1.165, 1.54) is 4.90 Å². The summed E-state index contributed by atoms with van der Waals surface area (Å²) < 4.78 is 31.4. The van der Waals surface area contributed by atoms with E-state index in [9.17, 15) is 18.0 Å². The summed E-state index contributed by atoms with van der Waals surface area (Å²) in [5, 5.41) is -0.454. The van der Waals surface area contributed by atoms with Gasteiger partial charge in [-0.2, -0.15) is 0 Å². The minimum absolute atomic E-state index is 0.156. The quantitative estimate of drug-likeness (QED) is 0.853. The molecule has 1 atom stereocenters. The first-order valence-corrected chi connectivity index (χ1v) is 9.46. The van der Waals surface area contributed by atoms with Crippen molar-refractivity contribution >= 4 is 21.8 Å². The molecule has 2 fully saturated rings. The lowest BCUT2D eigenvalue weighted by atomic mass is 9.89. The third kappa shape index (κ3) is 3.04. The van der Waals surface area contributed by atoms with E-state index in [1.807, 2.05) is 0 Å². The lowest BCUT2D eigenvalue weighted by Crippen LogP contribution is -2.45. The molecule has 9 heteroatoms. The molecule has 8 nitrogen and oxygen atoms in total. The molecule has 24 heavy (non-hydrogen) atoms. The van der Waals surface area contributed by atoms with Crippen molar-refractivity contribution in [2.75, 3.05) is 13.1 Å². The topological polar surface area (TPSA) is 110 Å².